The molecule has 1 rings (SSSR count). The second-order valence-corrected chi connectivity index (χ2v) is 3.87. The minimum Gasteiger partial charge on any atom is -0.480 e. The van der Waals surface area contributed by atoms with Crippen molar-refractivity contribution in [1.82, 2.24) is 5.32 Å². The van der Waals surface area contributed by atoms with Gasteiger partial charge in [0.25, 0.3) is 0 Å². The quantitative estimate of drug-likeness (QED) is 0.561. The lowest BCUT2D eigenvalue weighted by atomic mass is 10.2. The van der Waals surface area contributed by atoms with Gasteiger partial charge in [-0.25, -0.2) is 4.79 Å². The maximum atomic E-state index is 11.3. The molecule has 0 saturated carbocycles. The number of carboxylic acids is 1. The predicted molar refractivity (Wildman–Crippen MR) is 66.2 cm³/mol. The highest BCUT2D eigenvalue weighted by molar-refractivity contribution is 5.74. The molecule has 0 saturated heterocycles. The van der Waals surface area contributed by atoms with Crippen LogP contribution in [-0.4, -0.2) is 41.0 Å². The van der Waals surface area contributed by atoms with Crippen molar-refractivity contribution < 1.29 is 24.5 Å². The van der Waals surface area contributed by atoms with E-state index >= 15 is 0 Å². The molecule has 0 fully saturated rings. The number of benzene rings is 1. The Kier molecular flexibility index (Phi) is 5.77. The molecule has 0 bridgehead atoms. The first-order valence-electron chi connectivity index (χ1n) is 5.61. The van der Waals surface area contributed by atoms with E-state index < -0.39 is 24.2 Å². The van der Waals surface area contributed by atoms with Gasteiger partial charge in [0.2, 0.25) is 0 Å². The average Bonchev–Trinajstić information content (AvgIpc) is 2.42. The second-order valence-electron chi connectivity index (χ2n) is 3.87. The Labute approximate surface area is 110 Å². The molecule has 0 unspecified atom stereocenters. The Morgan fingerprint density at radius 2 is 1.95 bits per heavy atom. The third-order valence-corrected chi connectivity index (χ3v) is 2.37. The summed E-state index contributed by atoms with van der Waals surface area (Å²) >= 11 is 0. The number of aliphatic hydroxyl groups is 1. The van der Waals surface area contributed by atoms with Crippen molar-refractivity contribution in [1.29, 1.82) is 0 Å². The van der Waals surface area contributed by atoms with Gasteiger partial charge >= 0.3 is 12.1 Å². The van der Waals surface area contributed by atoms with Gasteiger partial charge in [-0.3, -0.25) is 4.79 Å². The van der Waals surface area contributed by atoms with Gasteiger partial charge in [0.15, 0.2) is 0 Å². The first-order valence-corrected chi connectivity index (χ1v) is 5.61. The van der Waals surface area contributed by atoms with Gasteiger partial charge in [-0.05, 0) is 5.56 Å². The van der Waals surface area contributed by atoms with E-state index in [0.29, 0.717) is 0 Å². The molecule has 104 valence electrons. The van der Waals surface area contributed by atoms with Gasteiger partial charge in [-0.15, -0.1) is 0 Å². The first-order chi connectivity index (χ1) is 9.00. The maximum Gasteiger partial charge on any atom is 0.407 e. The van der Waals surface area contributed by atoms with E-state index in [-0.39, 0.29) is 13.2 Å². The van der Waals surface area contributed by atoms with E-state index in [1.165, 1.54) is 0 Å². The summed E-state index contributed by atoms with van der Waals surface area (Å²) in [7, 11) is 0. The molecule has 0 aliphatic rings. The number of carboxylic acid groups (broad SMARTS) is 1. The zero-order valence-corrected chi connectivity index (χ0v) is 10.2. The number of carbonyl (C=O) groups excluding carboxylic acids is 1. The van der Waals surface area contributed by atoms with Crippen LogP contribution in [0.25, 0.3) is 0 Å². The monoisotopic (exact) mass is 268 g/mol. The molecular formula is C12H16N2O5. The van der Waals surface area contributed by atoms with E-state index in [1.54, 1.807) is 12.1 Å². The van der Waals surface area contributed by atoms with Crippen LogP contribution >= 0.6 is 0 Å². The summed E-state index contributed by atoms with van der Waals surface area (Å²) in [4.78, 5) is 21.7. The summed E-state index contributed by atoms with van der Waals surface area (Å²) < 4.78 is 4.87. The standard InChI is InChI=1S/C12H16N2O5/c13-10(11(16)17)9(15)6-14-12(18)19-7-8-4-2-1-3-5-8/h1-5,9-10,15H,6-7,13H2,(H,14,18)(H,16,17)/t9-,10-/m0/s1. The zero-order chi connectivity index (χ0) is 14.3. The van der Waals surface area contributed by atoms with Crippen LogP contribution in [0.3, 0.4) is 0 Å². The first kappa shape index (κ1) is 14.9. The Morgan fingerprint density at radius 3 is 2.53 bits per heavy atom. The van der Waals surface area contributed by atoms with Gasteiger partial charge in [-0.1, -0.05) is 30.3 Å². The highest BCUT2D eigenvalue weighted by Crippen LogP contribution is 2.00. The third-order valence-electron chi connectivity index (χ3n) is 2.37. The van der Waals surface area contributed by atoms with Gasteiger partial charge in [0.1, 0.15) is 12.6 Å². The molecule has 19 heavy (non-hydrogen) atoms. The molecule has 1 aromatic carbocycles. The van der Waals surface area contributed by atoms with Crippen molar-refractivity contribution in [3.63, 3.8) is 0 Å². The van der Waals surface area contributed by atoms with Crippen molar-refractivity contribution in [2.24, 2.45) is 5.73 Å². The van der Waals surface area contributed by atoms with Crippen molar-refractivity contribution in [3.05, 3.63) is 35.9 Å². The number of rotatable bonds is 6. The molecule has 0 radical (unpaired) electrons. The molecule has 2 atom stereocenters. The summed E-state index contributed by atoms with van der Waals surface area (Å²) in [5.41, 5.74) is 5.99. The number of ether oxygens (including phenoxy) is 1. The number of aliphatic hydroxyl groups excluding tert-OH is 1. The van der Waals surface area contributed by atoms with Crippen LogP contribution in [0.5, 0.6) is 0 Å². The number of nitrogens with two attached hydrogens (primary N) is 1. The van der Waals surface area contributed by atoms with Crippen molar-refractivity contribution in [2.75, 3.05) is 6.54 Å². The third kappa shape index (κ3) is 5.36. The topological polar surface area (TPSA) is 122 Å². The highest BCUT2D eigenvalue weighted by atomic mass is 16.5. The summed E-state index contributed by atoms with van der Waals surface area (Å²) in [6.45, 7) is -0.200. The van der Waals surface area contributed by atoms with E-state index in [4.69, 9.17) is 15.6 Å². The SMILES string of the molecule is N[C@H](C(=O)O)[C@@H](O)CNC(=O)OCc1ccccc1. The lowest BCUT2D eigenvalue weighted by molar-refractivity contribution is -0.141. The van der Waals surface area contributed by atoms with Gasteiger partial charge < -0.3 is 26.0 Å². The van der Waals surface area contributed by atoms with E-state index in [9.17, 15) is 14.7 Å². The Morgan fingerprint density at radius 1 is 1.32 bits per heavy atom. The van der Waals surface area contributed by atoms with Crippen LogP contribution in [0.15, 0.2) is 30.3 Å². The average molecular weight is 268 g/mol. The number of alkyl carbamates (subject to hydrolysis) is 1. The summed E-state index contributed by atoms with van der Waals surface area (Å²) in [5.74, 6) is -1.34. The number of carbonyl (C=O) groups is 2. The molecule has 0 heterocycles. The maximum absolute atomic E-state index is 11.3. The molecule has 1 aromatic rings. The fourth-order valence-corrected chi connectivity index (χ4v) is 1.25. The molecular weight excluding hydrogens is 252 g/mol. The van der Waals surface area contributed by atoms with E-state index in [0.717, 1.165) is 5.56 Å². The lowest BCUT2D eigenvalue weighted by Crippen LogP contribution is -2.47. The normalized spacial score (nSPS) is 13.4. The van der Waals surface area contributed by atoms with Crippen LogP contribution in [0, 0.1) is 0 Å². The van der Waals surface area contributed by atoms with Crippen LogP contribution in [0.4, 0.5) is 4.79 Å². The zero-order valence-electron chi connectivity index (χ0n) is 10.2. The Hall–Kier alpha value is -2.12. The number of hydrogen-bond donors (Lipinski definition) is 4. The minimum atomic E-state index is -1.45. The van der Waals surface area contributed by atoms with Crippen LogP contribution in [0.1, 0.15) is 5.56 Å². The van der Waals surface area contributed by atoms with Crippen LogP contribution in [0.2, 0.25) is 0 Å². The molecule has 7 heteroatoms. The summed E-state index contributed by atoms with van der Waals surface area (Å²) in [6, 6.07) is 7.60. The fraction of sp³-hybridized carbons (Fsp3) is 0.333. The molecule has 0 spiro atoms. The van der Waals surface area contributed by atoms with Crippen molar-refractivity contribution in [2.45, 2.75) is 18.8 Å². The Balaban J connectivity index is 2.27. The van der Waals surface area contributed by atoms with Crippen molar-refractivity contribution >= 4 is 12.1 Å². The van der Waals surface area contributed by atoms with Crippen LogP contribution < -0.4 is 11.1 Å². The second kappa shape index (κ2) is 7.34. The van der Waals surface area contributed by atoms with Gasteiger partial charge in [0.05, 0.1) is 6.10 Å². The summed E-state index contributed by atoms with van der Waals surface area (Å²) in [5, 5.41) is 20.1. The number of aliphatic carboxylic acids is 1. The van der Waals surface area contributed by atoms with Crippen molar-refractivity contribution in [3.8, 4) is 0 Å². The summed E-state index contributed by atoms with van der Waals surface area (Å²) in [6.07, 6.45) is -2.12. The highest BCUT2D eigenvalue weighted by Gasteiger charge is 2.22. The van der Waals surface area contributed by atoms with Crippen LogP contribution in [-0.2, 0) is 16.1 Å². The minimum absolute atomic E-state index is 0.0910. The largest absolute Gasteiger partial charge is 0.480 e. The number of nitrogens with one attached hydrogen (secondary N) is 1. The predicted octanol–water partition coefficient (Wildman–Crippen LogP) is -0.314. The van der Waals surface area contributed by atoms with E-state index in [2.05, 4.69) is 5.32 Å². The molecule has 0 aliphatic heterocycles. The lowest BCUT2D eigenvalue weighted by Gasteiger charge is -2.15. The van der Waals surface area contributed by atoms with Gasteiger partial charge in [-0.2, -0.15) is 0 Å². The molecule has 0 aromatic heterocycles. The molecule has 0 aliphatic carbocycles. The molecule has 7 nitrogen and oxygen atoms in total. The number of hydrogen-bond acceptors (Lipinski definition) is 5. The Bertz CT molecular complexity index is 423. The smallest absolute Gasteiger partial charge is 0.407 e. The van der Waals surface area contributed by atoms with Gasteiger partial charge in [0, 0.05) is 6.54 Å². The molecule has 1 amide bonds. The number of amides is 1. The fourth-order valence-electron chi connectivity index (χ4n) is 1.25. The van der Waals surface area contributed by atoms with E-state index in [1.807, 2.05) is 18.2 Å². The molecule has 5 N–H and O–H groups in total.